The zero-order valence-electron chi connectivity index (χ0n) is 15.6. The number of amides is 2. The number of fused-ring (bicyclic) bond motifs is 2. The summed E-state index contributed by atoms with van der Waals surface area (Å²) in [7, 11) is 0. The van der Waals surface area contributed by atoms with Gasteiger partial charge in [-0.2, -0.15) is 10.2 Å². The first kappa shape index (κ1) is 18.4. The number of para-hydroxylation sites is 1. The molecular weight excluding hydrogens is 372 g/mol. The molecule has 0 spiro atoms. The van der Waals surface area contributed by atoms with E-state index in [-0.39, 0.29) is 16.9 Å². The van der Waals surface area contributed by atoms with Crippen molar-refractivity contribution in [1.29, 1.82) is 0 Å². The van der Waals surface area contributed by atoms with Crippen LogP contribution < -0.4 is 16.4 Å². The van der Waals surface area contributed by atoms with Gasteiger partial charge in [0.05, 0.1) is 10.9 Å². The molecule has 2 amide bonds. The molecule has 4 rings (SSSR count). The lowest BCUT2D eigenvalue weighted by Crippen LogP contribution is -2.43. The third-order valence-electron chi connectivity index (χ3n) is 4.49. The van der Waals surface area contributed by atoms with Crippen LogP contribution in [0, 0.1) is 0 Å². The average molecular weight is 390 g/mol. The average Bonchev–Trinajstić information content (AvgIpc) is 3.18. The molecule has 0 aliphatic rings. The van der Waals surface area contributed by atoms with Gasteiger partial charge in [0.25, 0.3) is 17.4 Å². The van der Waals surface area contributed by atoms with Crippen LogP contribution in [-0.4, -0.2) is 31.8 Å². The fourth-order valence-electron chi connectivity index (χ4n) is 3.13. The number of aromatic amines is 1. The van der Waals surface area contributed by atoms with E-state index >= 15 is 0 Å². The second kappa shape index (κ2) is 7.55. The summed E-state index contributed by atoms with van der Waals surface area (Å²) >= 11 is 0. The molecule has 9 nitrogen and oxygen atoms in total. The van der Waals surface area contributed by atoms with E-state index in [0.717, 1.165) is 0 Å². The third-order valence-corrected chi connectivity index (χ3v) is 4.49. The monoisotopic (exact) mass is 390 g/mol. The minimum absolute atomic E-state index is 0.0563. The maximum absolute atomic E-state index is 12.7. The molecule has 0 unspecified atom stereocenters. The van der Waals surface area contributed by atoms with E-state index < -0.39 is 11.8 Å². The summed E-state index contributed by atoms with van der Waals surface area (Å²) in [6.07, 6.45) is 0.690. The largest absolute Gasteiger partial charge is 0.290 e. The number of carbonyl (C=O) groups excluding carboxylic acids is 2. The zero-order valence-corrected chi connectivity index (χ0v) is 15.6. The molecule has 0 saturated carbocycles. The Morgan fingerprint density at radius 2 is 1.55 bits per heavy atom. The van der Waals surface area contributed by atoms with Crippen LogP contribution >= 0.6 is 0 Å². The van der Waals surface area contributed by atoms with Crippen molar-refractivity contribution in [3.05, 3.63) is 70.3 Å². The molecule has 2 heterocycles. The smallest absolute Gasteiger partial charge is 0.277 e. The summed E-state index contributed by atoms with van der Waals surface area (Å²) in [5.74, 6) is -1.19. The summed E-state index contributed by atoms with van der Waals surface area (Å²) < 4.78 is 1.26. The number of nitrogens with zero attached hydrogens (tertiary/aromatic N) is 3. The molecule has 146 valence electrons. The van der Waals surface area contributed by atoms with Crippen LogP contribution in [0.25, 0.3) is 21.7 Å². The van der Waals surface area contributed by atoms with Gasteiger partial charge in [-0.05, 0) is 18.6 Å². The van der Waals surface area contributed by atoms with E-state index in [1.807, 2.05) is 13.0 Å². The molecule has 0 atom stereocenters. The third kappa shape index (κ3) is 3.33. The van der Waals surface area contributed by atoms with Crippen molar-refractivity contribution < 1.29 is 9.59 Å². The number of carbonyl (C=O) groups is 2. The summed E-state index contributed by atoms with van der Waals surface area (Å²) in [4.78, 5) is 37.7. The predicted octanol–water partition coefficient (Wildman–Crippen LogP) is 1.76. The number of aryl methyl sites for hydroxylation is 1. The fourth-order valence-corrected chi connectivity index (χ4v) is 3.13. The number of rotatable bonds is 4. The second-order valence-electron chi connectivity index (χ2n) is 6.45. The molecule has 0 aliphatic carbocycles. The predicted molar refractivity (Wildman–Crippen MR) is 107 cm³/mol. The van der Waals surface area contributed by atoms with E-state index in [4.69, 9.17) is 0 Å². The van der Waals surface area contributed by atoms with Gasteiger partial charge in [0, 0.05) is 17.3 Å². The van der Waals surface area contributed by atoms with Gasteiger partial charge < -0.3 is 0 Å². The van der Waals surface area contributed by atoms with Gasteiger partial charge in [0.1, 0.15) is 0 Å². The molecule has 4 aromatic rings. The highest BCUT2D eigenvalue weighted by Crippen LogP contribution is 2.15. The number of nitrogens with one attached hydrogen (secondary N) is 3. The van der Waals surface area contributed by atoms with Crippen molar-refractivity contribution in [3.63, 3.8) is 0 Å². The Morgan fingerprint density at radius 3 is 2.28 bits per heavy atom. The van der Waals surface area contributed by atoms with Crippen molar-refractivity contribution in [1.82, 2.24) is 30.8 Å². The number of hydrazine groups is 1. The van der Waals surface area contributed by atoms with Crippen molar-refractivity contribution in [3.8, 4) is 0 Å². The summed E-state index contributed by atoms with van der Waals surface area (Å²) in [6.45, 7) is 2.30. The van der Waals surface area contributed by atoms with Gasteiger partial charge in [0.2, 0.25) is 0 Å². The highest BCUT2D eigenvalue weighted by Gasteiger charge is 2.19. The fraction of sp³-hybridized carbons (Fsp3) is 0.150. The van der Waals surface area contributed by atoms with E-state index in [2.05, 4.69) is 26.1 Å². The standard InChI is InChI=1S/C20H18N6O3/c1-2-11-26-20(29)13-8-4-3-7-12(13)17(25-26)19(28)24-23-18(27)16-14-9-5-6-10-15(14)21-22-16/h3-10H,2,11H2,1H3,(H,21,22)(H,23,27)(H,24,28). The Hall–Kier alpha value is -4.01. The van der Waals surface area contributed by atoms with Crippen molar-refractivity contribution in [2.45, 2.75) is 19.9 Å². The van der Waals surface area contributed by atoms with Gasteiger partial charge in [-0.1, -0.05) is 43.3 Å². The molecule has 2 aromatic heterocycles. The molecule has 0 bridgehead atoms. The summed E-state index contributed by atoms with van der Waals surface area (Å²) in [5, 5.41) is 12.4. The van der Waals surface area contributed by atoms with Crippen LogP contribution in [0.15, 0.2) is 53.3 Å². The lowest BCUT2D eigenvalue weighted by atomic mass is 10.1. The van der Waals surface area contributed by atoms with Crippen LogP contribution in [-0.2, 0) is 6.54 Å². The number of hydrogen-bond acceptors (Lipinski definition) is 5. The van der Waals surface area contributed by atoms with Gasteiger partial charge in [-0.25, -0.2) is 4.68 Å². The minimum Gasteiger partial charge on any atom is -0.277 e. The molecule has 0 saturated heterocycles. The molecule has 0 aliphatic heterocycles. The number of aromatic nitrogens is 4. The Labute approximate surface area is 164 Å². The van der Waals surface area contributed by atoms with Crippen LogP contribution in [0.1, 0.15) is 34.3 Å². The van der Waals surface area contributed by atoms with Gasteiger partial charge >= 0.3 is 0 Å². The lowest BCUT2D eigenvalue weighted by Gasteiger charge is -2.11. The maximum Gasteiger partial charge on any atom is 0.290 e. The first-order chi connectivity index (χ1) is 14.1. The molecule has 29 heavy (non-hydrogen) atoms. The van der Waals surface area contributed by atoms with Crippen LogP contribution in [0.2, 0.25) is 0 Å². The van der Waals surface area contributed by atoms with E-state index in [9.17, 15) is 14.4 Å². The van der Waals surface area contributed by atoms with Gasteiger partial charge in [-0.15, -0.1) is 0 Å². The zero-order chi connectivity index (χ0) is 20.4. The van der Waals surface area contributed by atoms with Crippen LogP contribution in [0.4, 0.5) is 0 Å². The first-order valence-electron chi connectivity index (χ1n) is 9.13. The first-order valence-corrected chi connectivity index (χ1v) is 9.13. The van der Waals surface area contributed by atoms with Gasteiger partial charge in [-0.3, -0.25) is 30.3 Å². The number of H-pyrrole nitrogens is 1. The molecule has 3 N–H and O–H groups in total. The van der Waals surface area contributed by atoms with E-state index in [1.54, 1.807) is 42.5 Å². The van der Waals surface area contributed by atoms with Crippen molar-refractivity contribution >= 4 is 33.5 Å². The lowest BCUT2D eigenvalue weighted by molar-refractivity contribution is 0.0841. The molecule has 0 fully saturated rings. The molecular formula is C20H18N6O3. The quantitative estimate of drug-likeness (QED) is 0.458. The Bertz CT molecular complexity index is 1290. The van der Waals surface area contributed by atoms with Crippen molar-refractivity contribution in [2.75, 3.05) is 0 Å². The molecule has 9 heteroatoms. The summed E-state index contributed by atoms with van der Waals surface area (Å²) in [6, 6.07) is 13.9. The Morgan fingerprint density at radius 1 is 0.931 bits per heavy atom. The van der Waals surface area contributed by atoms with Crippen LogP contribution in [0.3, 0.4) is 0 Å². The highest BCUT2D eigenvalue weighted by molar-refractivity contribution is 6.08. The minimum atomic E-state index is -0.626. The maximum atomic E-state index is 12.7. The van der Waals surface area contributed by atoms with Gasteiger partial charge in [0.15, 0.2) is 11.4 Å². The second-order valence-corrected chi connectivity index (χ2v) is 6.45. The highest BCUT2D eigenvalue weighted by atomic mass is 16.2. The number of hydrogen-bond donors (Lipinski definition) is 3. The van der Waals surface area contributed by atoms with E-state index in [1.165, 1.54) is 4.68 Å². The Kier molecular flexibility index (Phi) is 4.78. The molecule has 0 radical (unpaired) electrons. The topological polar surface area (TPSA) is 122 Å². The van der Waals surface area contributed by atoms with E-state index in [0.29, 0.717) is 34.6 Å². The number of benzene rings is 2. The normalized spacial score (nSPS) is 10.9. The summed E-state index contributed by atoms with van der Waals surface area (Å²) in [5.41, 5.74) is 5.39. The van der Waals surface area contributed by atoms with Crippen LogP contribution in [0.5, 0.6) is 0 Å². The SMILES string of the molecule is CCCn1nc(C(=O)NNC(=O)c2n[nH]c3ccccc23)c2ccccc2c1=O. The molecule has 2 aromatic carbocycles. The van der Waals surface area contributed by atoms with Crippen molar-refractivity contribution in [2.24, 2.45) is 0 Å². The Balaban J connectivity index is 1.61.